The van der Waals surface area contributed by atoms with Crippen LogP contribution in [0.5, 0.6) is 0 Å². The molecule has 1 N–H and O–H groups in total. The molecule has 1 rings (SSSR count). The highest BCUT2D eigenvalue weighted by molar-refractivity contribution is 5.92. The number of rotatable bonds is 1. The van der Waals surface area contributed by atoms with Crippen LogP contribution in [0, 0.1) is 11.8 Å². The highest BCUT2D eigenvalue weighted by atomic mass is 16.5. The van der Waals surface area contributed by atoms with Gasteiger partial charge >= 0.3 is 5.97 Å². The third-order valence-corrected chi connectivity index (χ3v) is 2.76. The standard InChI is InChI=1S/C11H16O4/c1-6-9(13)4-5-10(14)7(2)11(6)15-8(3)12/h4-7,9,11,13H,1-3H3/t6-,7+,9-,11-/m0/s1. The molecule has 0 spiro atoms. The van der Waals surface area contributed by atoms with E-state index >= 15 is 0 Å². The van der Waals surface area contributed by atoms with Crippen LogP contribution in [0.15, 0.2) is 12.2 Å². The van der Waals surface area contributed by atoms with Crippen LogP contribution in [0.3, 0.4) is 0 Å². The number of hydrogen-bond donors (Lipinski definition) is 1. The van der Waals surface area contributed by atoms with Gasteiger partial charge in [0.2, 0.25) is 0 Å². The molecule has 0 saturated heterocycles. The third kappa shape index (κ3) is 2.65. The average Bonchev–Trinajstić information content (AvgIpc) is 2.25. The molecule has 0 aromatic carbocycles. The minimum atomic E-state index is -0.747. The van der Waals surface area contributed by atoms with E-state index in [4.69, 9.17) is 4.74 Å². The van der Waals surface area contributed by atoms with Crippen molar-refractivity contribution in [2.75, 3.05) is 0 Å². The first-order valence-corrected chi connectivity index (χ1v) is 5.00. The average molecular weight is 212 g/mol. The molecule has 0 amide bonds. The van der Waals surface area contributed by atoms with Crippen LogP contribution < -0.4 is 0 Å². The summed E-state index contributed by atoms with van der Waals surface area (Å²) in [6, 6.07) is 0. The molecule has 0 aromatic heterocycles. The van der Waals surface area contributed by atoms with Crippen molar-refractivity contribution in [2.45, 2.75) is 33.0 Å². The molecule has 4 nitrogen and oxygen atoms in total. The summed E-state index contributed by atoms with van der Waals surface area (Å²) in [6.07, 6.45) is 1.51. The summed E-state index contributed by atoms with van der Waals surface area (Å²) < 4.78 is 5.08. The molecular formula is C11H16O4. The van der Waals surface area contributed by atoms with Gasteiger partial charge in [-0.2, -0.15) is 0 Å². The number of aliphatic hydroxyl groups is 1. The molecular weight excluding hydrogens is 196 g/mol. The minimum absolute atomic E-state index is 0.121. The van der Waals surface area contributed by atoms with E-state index in [-0.39, 0.29) is 11.7 Å². The molecule has 4 atom stereocenters. The van der Waals surface area contributed by atoms with Gasteiger partial charge in [0.1, 0.15) is 6.10 Å². The fourth-order valence-electron chi connectivity index (χ4n) is 1.73. The lowest BCUT2D eigenvalue weighted by molar-refractivity contribution is -0.154. The predicted molar refractivity (Wildman–Crippen MR) is 54.0 cm³/mol. The first kappa shape index (κ1) is 11.9. The maximum absolute atomic E-state index is 11.5. The highest BCUT2D eigenvalue weighted by Crippen LogP contribution is 2.25. The summed E-state index contributed by atoms with van der Waals surface area (Å²) in [6.45, 7) is 4.77. The molecule has 4 heteroatoms. The number of carbonyl (C=O) groups excluding carboxylic acids is 2. The van der Waals surface area contributed by atoms with E-state index < -0.39 is 24.1 Å². The van der Waals surface area contributed by atoms with Gasteiger partial charge in [0.05, 0.1) is 12.0 Å². The summed E-state index contributed by atoms with van der Waals surface area (Å²) in [5.41, 5.74) is 0. The number of allylic oxidation sites excluding steroid dienone is 1. The normalized spacial score (nSPS) is 36.1. The predicted octanol–water partition coefficient (Wildman–Crippen LogP) is 0.690. The van der Waals surface area contributed by atoms with Gasteiger partial charge in [0.15, 0.2) is 5.78 Å². The van der Waals surface area contributed by atoms with E-state index in [9.17, 15) is 14.7 Å². The van der Waals surface area contributed by atoms with Gasteiger partial charge < -0.3 is 9.84 Å². The monoisotopic (exact) mass is 212 g/mol. The highest BCUT2D eigenvalue weighted by Gasteiger charge is 2.35. The first-order valence-electron chi connectivity index (χ1n) is 5.00. The Morgan fingerprint density at radius 3 is 2.60 bits per heavy atom. The van der Waals surface area contributed by atoms with Crippen LogP contribution >= 0.6 is 0 Å². The lowest BCUT2D eigenvalue weighted by Crippen LogP contribution is -2.37. The Bertz CT molecular complexity index is 295. The van der Waals surface area contributed by atoms with Gasteiger partial charge in [-0.1, -0.05) is 19.9 Å². The van der Waals surface area contributed by atoms with Crippen molar-refractivity contribution in [1.82, 2.24) is 0 Å². The number of carbonyl (C=O) groups is 2. The lowest BCUT2D eigenvalue weighted by atomic mass is 9.90. The Morgan fingerprint density at radius 1 is 1.47 bits per heavy atom. The lowest BCUT2D eigenvalue weighted by Gasteiger charge is -2.27. The number of aliphatic hydroxyl groups excluding tert-OH is 1. The smallest absolute Gasteiger partial charge is 0.302 e. The SMILES string of the molecule is CC(=O)O[C@H]1[C@@H](C)[C@@H](O)C=CC(=O)[C@H]1C. The zero-order chi connectivity index (χ0) is 11.6. The van der Waals surface area contributed by atoms with Crippen molar-refractivity contribution in [1.29, 1.82) is 0 Å². The zero-order valence-electron chi connectivity index (χ0n) is 9.14. The Hall–Kier alpha value is -1.16. The molecule has 84 valence electrons. The molecule has 0 heterocycles. The largest absolute Gasteiger partial charge is 0.461 e. The molecule has 1 aliphatic carbocycles. The Kier molecular flexibility index (Phi) is 3.63. The molecule has 0 saturated carbocycles. The van der Waals surface area contributed by atoms with Crippen molar-refractivity contribution >= 4 is 11.8 Å². The first-order chi connectivity index (χ1) is 6.93. The van der Waals surface area contributed by atoms with Crippen LogP contribution in [-0.4, -0.2) is 29.1 Å². The van der Waals surface area contributed by atoms with Crippen LogP contribution in [0.4, 0.5) is 0 Å². The maximum atomic E-state index is 11.5. The second kappa shape index (κ2) is 4.57. The Balaban J connectivity index is 2.90. The zero-order valence-corrected chi connectivity index (χ0v) is 9.14. The van der Waals surface area contributed by atoms with Gasteiger partial charge in [-0.15, -0.1) is 0 Å². The second-order valence-corrected chi connectivity index (χ2v) is 3.97. The van der Waals surface area contributed by atoms with E-state index in [1.807, 2.05) is 0 Å². The van der Waals surface area contributed by atoms with E-state index in [1.165, 1.54) is 19.1 Å². The molecule has 0 unspecified atom stereocenters. The fraction of sp³-hybridized carbons (Fsp3) is 0.636. The maximum Gasteiger partial charge on any atom is 0.302 e. The van der Waals surface area contributed by atoms with Crippen LogP contribution in [-0.2, 0) is 14.3 Å². The van der Waals surface area contributed by atoms with Crippen molar-refractivity contribution < 1.29 is 19.4 Å². The third-order valence-electron chi connectivity index (χ3n) is 2.76. The Labute approximate surface area is 88.9 Å². The van der Waals surface area contributed by atoms with E-state index in [1.54, 1.807) is 13.8 Å². The van der Waals surface area contributed by atoms with Gasteiger partial charge in [-0.25, -0.2) is 0 Å². The minimum Gasteiger partial charge on any atom is -0.461 e. The van der Waals surface area contributed by atoms with E-state index in [2.05, 4.69) is 0 Å². The van der Waals surface area contributed by atoms with Crippen molar-refractivity contribution in [3.63, 3.8) is 0 Å². The molecule has 15 heavy (non-hydrogen) atoms. The van der Waals surface area contributed by atoms with Gasteiger partial charge in [0, 0.05) is 12.8 Å². The summed E-state index contributed by atoms with van der Waals surface area (Å²) in [5.74, 6) is -1.23. The summed E-state index contributed by atoms with van der Waals surface area (Å²) >= 11 is 0. The van der Waals surface area contributed by atoms with E-state index in [0.29, 0.717) is 0 Å². The summed E-state index contributed by atoms with van der Waals surface area (Å²) in [7, 11) is 0. The van der Waals surface area contributed by atoms with Crippen LogP contribution in [0.1, 0.15) is 20.8 Å². The molecule has 0 radical (unpaired) electrons. The molecule has 0 aliphatic heterocycles. The fourth-order valence-corrected chi connectivity index (χ4v) is 1.73. The number of esters is 1. The summed E-state index contributed by atoms with van der Waals surface area (Å²) in [5, 5.41) is 9.65. The van der Waals surface area contributed by atoms with Crippen molar-refractivity contribution in [3.05, 3.63) is 12.2 Å². The number of hydrogen-bond acceptors (Lipinski definition) is 4. The quantitative estimate of drug-likeness (QED) is 0.649. The number of ether oxygens (including phenoxy) is 1. The van der Waals surface area contributed by atoms with Crippen LogP contribution in [0.25, 0.3) is 0 Å². The van der Waals surface area contributed by atoms with Gasteiger partial charge in [-0.05, 0) is 6.08 Å². The molecule has 0 aromatic rings. The molecule has 0 fully saturated rings. The molecule has 0 bridgehead atoms. The van der Waals surface area contributed by atoms with Gasteiger partial charge in [0.25, 0.3) is 0 Å². The molecule has 1 aliphatic rings. The summed E-state index contributed by atoms with van der Waals surface area (Å²) in [4.78, 5) is 22.4. The van der Waals surface area contributed by atoms with Crippen LogP contribution in [0.2, 0.25) is 0 Å². The topological polar surface area (TPSA) is 63.6 Å². The van der Waals surface area contributed by atoms with Crippen molar-refractivity contribution in [3.8, 4) is 0 Å². The van der Waals surface area contributed by atoms with Crippen molar-refractivity contribution in [2.24, 2.45) is 11.8 Å². The number of ketones is 1. The van der Waals surface area contributed by atoms with Gasteiger partial charge in [-0.3, -0.25) is 9.59 Å². The second-order valence-electron chi connectivity index (χ2n) is 3.97. The Morgan fingerprint density at radius 2 is 2.07 bits per heavy atom. The van der Waals surface area contributed by atoms with E-state index in [0.717, 1.165) is 0 Å².